The van der Waals surface area contributed by atoms with Crippen LogP contribution < -0.4 is 4.74 Å². The first-order valence-electron chi connectivity index (χ1n) is 6.13. The molecule has 1 aliphatic rings. The zero-order valence-corrected chi connectivity index (χ0v) is 10.2. The van der Waals surface area contributed by atoms with Gasteiger partial charge in [0.1, 0.15) is 5.75 Å². The molecule has 0 radical (unpaired) electrons. The second-order valence-electron chi connectivity index (χ2n) is 4.51. The first-order valence-corrected chi connectivity index (χ1v) is 6.13. The van der Waals surface area contributed by atoms with E-state index in [-0.39, 0.29) is 6.10 Å². The Bertz CT molecular complexity index is 364. The van der Waals surface area contributed by atoms with Crippen molar-refractivity contribution in [2.45, 2.75) is 37.8 Å². The van der Waals surface area contributed by atoms with E-state index in [1.807, 2.05) is 30.5 Å². The lowest BCUT2D eigenvalue weighted by Gasteiger charge is -2.22. The van der Waals surface area contributed by atoms with Gasteiger partial charge in [-0.05, 0) is 55.5 Å². The normalized spacial score (nSPS) is 25.1. The molecule has 1 aromatic carbocycles. The van der Waals surface area contributed by atoms with Gasteiger partial charge in [-0.2, -0.15) is 0 Å². The van der Waals surface area contributed by atoms with Crippen LogP contribution in [0.2, 0.25) is 0 Å². The van der Waals surface area contributed by atoms with Crippen molar-refractivity contribution >= 4 is 6.21 Å². The summed E-state index contributed by atoms with van der Waals surface area (Å²) in [4.78, 5) is 4.57. The number of rotatable bonds is 3. The summed E-state index contributed by atoms with van der Waals surface area (Å²) in [6.07, 6.45) is 5.56. The van der Waals surface area contributed by atoms with Crippen molar-refractivity contribution in [1.29, 1.82) is 0 Å². The molecule has 0 amide bonds. The van der Waals surface area contributed by atoms with Gasteiger partial charge in [0.25, 0.3) is 0 Å². The minimum atomic E-state index is -0.109. The van der Waals surface area contributed by atoms with Gasteiger partial charge in [-0.25, -0.2) is 0 Å². The molecule has 1 aromatic rings. The Balaban J connectivity index is 1.90. The molecular weight excluding hydrogens is 214 g/mol. The fraction of sp³-hybridized carbons (Fsp3) is 0.500. The van der Waals surface area contributed by atoms with Crippen molar-refractivity contribution in [3.8, 4) is 5.75 Å². The van der Waals surface area contributed by atoms with E-state index in [0.717, 1.165) is 37.0 Å². The molecule has 1 fully saturated rings. The highest BCUT2D eigenvalue weighted by Crippen LogP contribution is 2.21. The number of aliphatic hydroxyl groups excluding tert-OH is 1. The molecule has 1 N–H and O–H groups in total. The largest absolute Gasteiger partial charge is 0.497 e. The lowest BCUT2D eigenvalue weighted by atomic mass is 9.93. The van der Waals surface area contributed by atoms with Crippen LogP contribution in [0.4, 0.5) is 0 Å². The van der Waals surface area contributed by atoms with E-state index in [1.165, 1.54) is 0 Å². The molecule has 17 heavy (non-hydrogen) atoms. The van der Waals surface area contributed by atoms with Gasteiger partial charge in [0.2, 0.25) is 0 Å². The fourth-order valence-corrected chi connectivity index (χ4v) is 2.09. The summed E-state index contributed by atoms with van der Waals surface area (Å²) < 4.78 is 5.10. The number of nitrogens with zero attached hydrogens (tertiary/aromatic N) is 1. The smallest absolute Gasteiger partial charge is 0.118 e. The van der Waals surface area contributed by atoms with E-state index in [9.17, 15) is 5.11 Å². The van der Waals surface area contributed by atoms with Crippen LogP contribution >= 0.6 is 0 Å². The maximum absolute atomic E-state index is 9.40. The molecule has 0 saturated heterocycles. The highest BCUT2D eigenvalue weighted by molar-refractivity contribution is 5.79. The second kappa shape index (κ2) is 5.82. The predicted octanol–water partition coefficient (Wildman–Crippen LogP) is 2.42. The van der Waals surface area contributed by atoms with Crippen LogP contribution in [0.5, 0.6) is 5.75 Å². The first kappa shape index (κ1) is 12.1. The van der Waals surface area contributed by atoms with Gasteiger partial charge in [0.15, 0.2) is 0 Å². The summed E-state index contributed by atoms with van der Waals surface area (Å²) in [5.41, 5.74) is 1.09. The molecule has 1 saturated carbocycles. The van der Waals surface area contributed by atoms with Gasteiger partial charge < -0.3 is 9.84 Å². The molecule has 0 aliphatic heterocycles. The number of hydrogen-bond acceptors (Lipinski definition) is 3. The lowest BCUT2D eigenvalue weighted by molar-refractivity contribution is 0.123. The molecule has 0 bridgehead atoms. The predicted molar refractivity (Wildman–Crippen MR) is 68.9 cm³/mol. The maximum Gasteiger partial charge on any atom is 0.118 e. The van der Waals surface area contributed by atoms with Crippen LogP contribution in [0.3, 0.4) is 0 Å². The van der Waals surface area contributed by atoms with E-state index in [4.69, 9.17) is 4.74 Å². The number of aliphatic hydroxyl groups is 1. The molecule has 1 aliphatic carbocycles. The van der Waals surface area contributed by atoms with Crippen molar-refractivity contribution in [3.63, 3.8) is 0 Å². The Morgan fingerprint density at radius 3 is 2.41 bits per heavy atom. The van der Waals surface area contributed by atoms with Crippen LogP contribution in [0.1, 0.15) is 31.2 Å². The van der Waals surface area contributed by atoms with E-state index >= 15 is 0 Å². The van der Waals surface area contributed by atoms with Crippen LogP contribution in [-0.2, 0) is 0 Å². The quantitative estimate of drug-likeness (QED) is 0.815. The van der Waals surface area contributed by atoms with Gasteiger partial charge in [0.05, 0.1) is 19.3 Å². The third-order valence-electron chi connectivity index (χ3n) is 3.22. The van der Waals surface area contributed by atoms with Crippen LogP contribution in [0.25, 0.3) is 0 Å². The number of methoxy groups -OCH3 is 1. The maximum atomic E-state index is 9.40. The van der Waals surface area contributed by atoms with E-state index in [0.29, 0.717) is 6.04 Å². The molecule has 0 heterocycles. The molecule has 0 aromatic heterocycles. The molecule has 92 valence electrons. The Labute approximate surface area is 102 Å². The average Bonchev–Trinajstić information content (AvgIpc) is 2.39. The number of ether oxygens (including phenoxy) is 1. The molecule has 3 heteroatoms. The number of aliphatic imine (C=N–C) groups is 1. The minimum absolute atomic E-state index is 0.109. The van der Waals surface area contributed by atoms with Crippen LogP contribution in [-0.4, -0.2) is 30.6 Å². The Kier molecular flexibility index (Phi) is 4.15. The monoisotopic (exact) mass is 233 g/mol. The SMILES string of the molecule is COc1ccc(/C=N\C2CCC(O)CC2)cc1. The van der Waals surface area contributed by atoms with E-state index in [1.54, 1.807) is 7.11 Å². The molecule has 2 rings (SSSR count). The van der Waals surface area contributed by atoms with Gasteiger partial charge in [-0.1, -0.05) is 0 Å². The summed E-state index contributed by atoms with van der Waals surface area (Å²) in [6, 6.07) is 8.25. The zero-order valence-electron chi connectivity index (χ0n) is 10.2. The number of benzene rings is 1. The van der Waals surface area contributed by atoms with Gasteiger partial charge >= 0.3 is 0 Å². The van der Waals surface area contributed by atoms with E-state index < -0.39 is 0 Å². The summed E-state index contributed by atoms with van der Waals surface area (Å²) in [5.74, 6) is 0.864. The van der Waals surface area contributed by atoms with Gasteiger partial charge in [0, 0.05) is 6.21 Å². The molecule has 0 atom stereocenters. The Morgan fingerprint density at radius 2 is 1.82 bits per heavy atom. The van der Waals surface area contributed by atoms with Crippen LogP contribution in [0, 0.1) is 0 Å². The summed E-state index contributed by atoms with van der Waals surface area (Å²) in [6.45, 7) is 0. The first-order chi connectivity index (χ1) is 8.28. The summed E-state index contributed by atoms with van der Waals surface area (Å²) >= 11 is 0. The minimum Gasteiger partial charge on any atom is -0.497 e. The third kappa shape index (κ3) is 3.56. The Hall–Kier alpha value is -1.35. The molecular formula is C14H19NO2. The van der Waals surface area contributed by atoms with Crippen LogP contribution in [0.15, 0.2) is 29.3 Å². The Morgan fingerprint density at radius 1 is 1.18 bits per heavy atom. The van der Waals surface area contributed by atoms with E-state index in [2.05, 4.69) is 4.99 Å². The number of hydrogen-bond donors (Lipinski definition) is 1. The van der Waals surface area contributed by atoms with Gasteiger partial charge in [-0.3, -0.25) is 4.99 Å². The van der Waals surface area contributed by atoms with Crippen molar-refractivity contribution in [2.75, 3.05) is 7.11 Å². The third-order valence-corrected chi connectivity index (χ3v) is 3.22. The second-order valence-corrected chi connectivity index (χ2v) is 4.51. The summed E-state index contributed by atoms with van der Waals surface area (Å²) in [5, 5.41) is 9.40. The van der Waals surface area contributed by atoms with Crippen molar-refractivity contribution in [3.05, 3.63) is 29.8 Å². The highest BCUT2D eigenvalue weighted by Gasteiger charge is 2.17. The topological polar surface area (TPSA) is 41.8 Å². The standard InChI is InChI=1S/C14H19NO2/c1-17-14-8-2-11(3-9-14)10-15-12-4-6-13(16)7-5-12/h2-3,8-10,12-13,16H,4-7H2,1H3/b15-10-. The van der Waals surface area contributed by atoms with Crippen molar-refractivity contribution < 1.29 is 9.84 Å². The van der Waals surface area contributed by atoms with Gasteiger partial charge in [-0.15, -0.1) is 0 Å². The summed E-state index contributed by atoms with van der Waals surface area (Å²) in [7, 11) is 1.66. The average molecular weight is 233 g/mol. The lowest BCUT2D eigenvalue weighted by Crippen LogP contribution is -2.20. The fourth-order valence-electron chi connectivity index (χ4n) is 2.09. The highest BCUT2D eigenvalue weighted by atomic mass is 16.5. The van der Waals surface area contributed by atoms with Crippen molar-refractivity contribution in [1.82, 2.24) is 0 Å². The molecule has 3 nitrogen and oxygen atoms in total. The van der Waals surface area contributed by atoms with Crippen molar-refractivity contribution in [2.24, 2.45) is 4.99 Å². The zero-order chi connectivity index (χ0) is 12.1. The molecule has 0 spiro atoms. The molecule has 0 unspecified atom stereocenters.